The molecule has 2 unspecified atom stereocenters. The van der Waals surface area contributed by atoms with Crippen molar-refractivity contribution in [3.05, 3.63) is 12.2 Å². The van der Waals surface area contributed by atoms with Gasteiger partial charge in [0, 0.05) is 6.42 Å². The first-order chi connectivity index (χ1) is 18.8. The van der Waals surface area contributed by atoms with Crippen molar-refractivity contribution in [1.29, 1.82) is 0 Å². The molecule has 0 aromatic carbocycles. The average Bonchev–Trinajstić information content (AvgIpc) is 2.88. The van der Waals surface area contributed by atoms with Gasteiger partial charge in [-0.3, -0.25) is 9.35 Å². The Kier molecular flexibility index (Phi) is 26.6. The lowest BCUT2D eigenvalue weighted by molar-refractivity contribution is -0.122. The lowest BCUT2D eigenvalue weighted by atomic mass is 10.0. The molecule has 0 saturated heterocycles. The lowest BCUT2D eigenvalue weighted by Crippen LogP contribution is -2.47. The number of rotatable bonds is 29. The third-order valence-corrected chi connectivity index (χ3v) is 8.25. The maximum Gasteiger partial charge on any atom is 0.266 e. The van der Waals surface area contributed by atoms with E-state index in [1.54, 1.807) is 0 Å². The Balaban J connectivity index is 3.99. The summed E-state index contributed by atoms with van der Waals surface area (Å²) in [5, 5.41) is 13.2. The summed E-state index contributed by atoms with van der Waals surface area (Å²) >= 11 is 0. The Morgan fingerprint density at radius 1 is 0.667 bits per heavy atom. The predicted octanol–water partition coefficient (Wildman–Crippen LogP) is 8.68. The number of carbonyl (C=O) groups excluding carboxylic acids is 1. The fraction of sp³-hybridized carbons (Fsp3) is 0.906. The minimum Gasteiger partial charge on any atom is -0.391 e. The van der Waals surface area contributed by atoms with Crippen LogP contribution in [0.3, 0.4) is 0 Å². The van der Waals surface area contributed by atoms with Gasteiger partial charge in [-0.15, -0.1) is 0 Å². The molecule has 0 fully saturated rings. The molecule has 0 rings (SSSR count). The fourth-order valence-electron chi connectivity index (χ4n) is 4.98. The molecule has 7 heteroatoms. The van der Waals surface area contributed by atoms with Crippen LogP contribution in [-0.4, -0.2) is 41.9 Å². The monoisotopic (exact) mass is 573 g/mol. The fourth-order valence-corrected chi connectivity index (χ4v) is 5.74. The molecule has 2 atom stereocenters. The van der Waals surface area contributed by atoms with E-state index in [0.29, 0.717) is 12.8 Å². The van der Waals surface area contributed by atoms with Crippen LogP contribution in [0.5, 0.6) is 0 Å². The molecule has 3 N–H and O–H groups in total. The maximum absolute atomic E-state index is 12.4. The summed E-state index contributed by atoms with van der Waals surface area (Å²) in [6.45, 7) is 4.46. The van der Waals surface area contributed by atoms with Crippen LogP contribution < -0.4 is 5.32 Å². The molecule has 0 saturated carbocycles. The molecule has 0 heterocycles. The van der Waals surface area contributed by atoms with E-state index < -0.39 is 28.0 Å². The molecular formula is C32H63NO5S. The molecule has 0 aliphatic rings. The second-order valence-corrected chi connectivity index (χ2v) is 12.9. The summed E-state index contributed by atoms with van der Waals surface area (Å²) in [6.07, 6.45) is 30.1. The smallest absolute Gasteiger partial charge is 0.266 e. The third-order valence-electron chi connectivity index (χ3n) is 7.47. The van der Waals surface area contributed by atoms with Crippen LogP contribution in [-0.2, 0) is 14.9 Å². The number of unbranched alkanes of at least 4 members (excludes halogenated alkanes) is 19. The van der Waals surface area contributed by atoms with Crippen molar-refractivity contribution in [2.45, 2.75) is 180 Å². The number of hydrogen-bond donors (Lipinski definition) is 3. The normalized spacial score (nSPS) is 13.6. The van der Waals surface area contributed by atoms with Crippen molar-refractivity contribution in [2.24, 2.45) is 0 Å². The van der Waals surface area contributed by atoms with Gasteiger partial charge < -0.3 is 10.4 Å². The van der Waals surface area contributed by atoms with Gasteiger partial charge in [0.05, 0.1) is 17.9 Å². The summed E-state index contributed by atoms with van der Waals surface area (Å²) in [5.41, 5.74) is 0. The molecule has 232 valence electrons. The second-order valence-electron chi connectivity index (χ2n) is 11.4. The lowest BCUT2D eigenvalue weighted by Gasteiger charge is -2.23. The highest BCUT2D eigenvalue weighted by Gasteiger charge is 2.26. The molecule has 0 bridgehead atoms. The summed E-state index contributed by atoms with van der Waals surface area (Å²) in [5.74, 6) is -0.906. The molecule has 0 radical (unpaired) electrons. The van der Waals surface area contributed by atoms with Gasteiger partial charge in [-0.1, -0.05) is 135 Å². The molecule has 39 heavy (non-hydrogen) atoms. The largest absolute Gasteiger partial charge is 0.391 e. The van der Waals surface area contributed by atoms with Crippen LogP contribution in [0.2, 0.25) is 0 Å². The van der Waals surface area contributed by atoms with E-state index in [9.17, 15) is 22.9 Å². The molecular weight excluding hydrogens is 510 g/mol. The number of allylic oxidation sites excluding steroid dienone is 2. The Morgan fingerprint density at radius 2 is 1.08 bits per heavy atom. The molecule has 0 aliphatic heterocycles. The zero-order valence-electron chi connectivity index (χ0n) is 25.5. The number of aliphatic hydroxyl groups excluding tert-OH is 1. The SMILES string of the molecule is CCCCCCC/C=C\CCCCCCCC(=O)NC(CS(=O)(=O)O)C(O)CCCCCCCCCCCC. The Bertz CT molecular complexity index is 680. The second kappa shape index (κ2) is 27.3. The Morgan fingerprint density at radius 3 is 1.54 bits per heavy atom. The standard InChI is InChI=1S/C32H63NO5S/c1-3-5-7-9-11-13-15-16-17-18-20-22-24-26-28-32(35)33-30(29-39(36,37)38)31(34)27-25-23-21-19-14-12-10-8-6-4-2/h15-16,30-31,34H,3-14,17-29H2,1-2H3,(H,33,35)(H,36,37,38)/b16-15-. The first-order valence-corrected chi connectivity index (χ1v) is 18.0. The van der Waals surface area contributed by atoms with Crippen LogP contribution in [0.25, 0.3) is 0 Å². The van der Waals surface area contributed by atoms with Crippen molar-refractivity contribution < 1.29 is 22.9 Å². The molecule has 0 aromatic heterocycles. The summed E-state index contributed by atoms with van der Waals surface area (Å²) in [4.78, 5) is 12.4. The molecule has 0 spiro atoms. The van der Waals surface area contributed by atoms with Gasteiger partial charge in [0.25, 0.3) is 10.1 Å². The van der Waals surface area contributed by atoms with Gasteiger partial charge in [-0.2, -0.15) is 8.42 Å². The topological polar surface area (TPSA) is 104 Å². The zero-order valence-corrected chi connectivity index (χ0v) is 26.3. The Labute approximate surface area is 241 Å². The minimum absolute atomic E-state index is 0.257. The zero-order chi connectivity index (χ0) is 29.0. The van der Waals surface area contributed by atoms with Gasteiger partial charge in [0.2, 0.25) is 5.91 Å². The quantitative estimate of drug-likeness (QED) is 0.0472. The maximum atomic E-state index is 12.4. The van der Waals surface area contributed by atoms with Gasteiger partial charge in [0.15, 0.2) is 0 Å². The van der Waals surface area contributed by atoms with Crippen molar-refractivity contribution >= 4 is 16.0 Å². The molecule has 0 aromatic rings. The number of nitrogens with one attached hydrogen (secondary N) is 1. The van der Waals surface area contributed by atoms with Crippen molar-refractivity contribution in [3.63, 3.8) is 0 Å². The molecule has 1 amide bonds. The number of amides is 1. The number of carbonyl (C=O) groups is 1. The van der Waals surface area contributed by atoms with E-state index in [1.807, 2.05) is 0 Å². The third kappa shape index (κ3) is 28.4. The Hall–Kier alpha value is -0.920. The first kappa shape index (κ1) is 38.1. The first-order valence-electron chi connectivity index (χ1n) is 16.4. The van der Waals surface area contributed by atoms with Gasteiger partial charge in [0.1, 0.15) is 0 Å². The molecule has 6 nitrogen and oxygen atoms in total. The average molecular weight is 574 g/mol. The van der Waals surface area contributed by atoms with E-state index >= 15 is 0 Å². The van der Waals surface area contributed by atoms with E-state index in [1.165, 1.54) is 89.9 Å². The molecule has 0 aliphatic carbocycles. The van der Waals surface area contributed by atoms with Crippen molar-refractivity contribution in [1.82, 2.24) is 5.32 Å². The predicted molar refractivity (Wildman–Crippen MR) is 166 cm³/mol. The van der Waals surface area contributed by atoms with Crippen LogP contribution in [0, 0.1) is 0 Å². The van der Waals surface area contributed by atoms with Crippen LogP contribution >= 0.6 is 0 Å². The van der Waals surface area contributed by atoms with Gasteiger partial charge in [-0.25, -0.2) is 0 Å². The summed E-state index contributed by atoms with van der Waals surface area (Å²) in [7, 11) is -4.30. The van der Waals surface area contributed by atoms with Crippen molar-refractivity contribution in [2.75, 3.05) is 5.75 Å². The highest BCUT2D eigenvalue weighted by Crippen LogP contribution is 2.14. The van der Waals surface area contributed by atoms with Gasteiger partial charge >= 0.3 is 0 Å². The van der Waals surface area contributed by atoms with E-state index in [2.05, 4.69) is 31.3 Å². The van der Waals surface area contributed by atoms with Crippen LogP contribution in [0.1, 0.15) is 168 Å². The van der Waals surface area contributed by atoms with E-state index in [0.717, 1.165) is 51.4 Å². The highest BCUT2D eigenvalue weighted by molar-refractivity contribution is 7.85. The van der Waals surface area contributed by atoms with Crippen LogP contribution in [0.15, 0.2) is 12.2 Å². The van der Waals surface area contributed by atoms with E-state index in [-0.39, 0.29) is 5.91 Å². The number of aliphatic hydroxyl groups is 1. The minimum atomic E-state index is -4.30. The highest BCUT2D eigenvalue weighted by atomic mass is 32.2. The summed E-state index contributed by atoms with van der Waals surface area (Å²) in [6, 6.07) is -0.968. The van der Waals surface area contributed by atoms with Gasteiger partial charge in [-0.05, 0) is 38.5 Å². The summed E-state index contributed by atoms with van der Waals surface area (Å²) < 4.78 is 32.2. The van der Waals surface area contributed by atoms with E-state index in [4.69, 9.17) is 0 Å². The van der Waals surface area contributed by atoms with Crippen molar-refractivity contribution in [3.8, 4) is 0 Å². The van der Waals surface area contributed by atoms with Crippen LogP contribution in [0.4, 0.5) is 0 Å². The number of hydrogen-bond acceptors (Lipinski definition) is 4.